The summed E-state index contributed by atoms with van der Waals surface area (Å²) in [5, 5.41) is 3.68. The van der Waals surface area contributed by atoms with E-state index in [-0.39, 0.29) is 5.82 Å². The van der Waals surface area contributed by atoms with E-state index < -0.39 is 0 Å². The van der Waals surface area contributed by atoms with E-state index in [1.54, 1.807) is 12.1 Å². The molecule has 0 aliphatic heterocycles. The van der Waals surface area contributed by atoms with Crippen molar-refractivity contribution in [3.8, 4) is 0 Å². The van der Waals surface area contributed by atoms with Crippen LogP contribution in [-0.4, -0.2) is 12.6 Å². The Morgan fingerprint density at radius 2 is 2.05 bits per heavy atom. The summed E-state index contributed by atoms with van der Waals surface area (Å²) in [5.74, 6) is 0.500. The summed E-state index contributed by atoms with van der Waals surface area (Å²) in [6.45, 7) is 3.27. The van der Waals surface area contributed by atoms with Crippen LogP contribution in [-0.2, 0) is 6.42 Å². The molecule has 1 N–H and O–H groups in total. The van der Waals surface area contributed by atoms with Crippen molar-refractivity contribution in [1.82, 2.24) is 5.32 Å². The summed E-state index contributed by atoms with van der Waals surface area (Å²) in [7, 11) is 0. The molecule has 1 nitrogen and oxygen atoms in total. The normalized spacial score (nSPS) is 23.6. The second-order valence-corrected chi connectivity index (χ2v) is 6.81. The Balaban J connectivity index is 2.08. The monoisotopic (exact) mass is 341 g/mol. The molecule has 0 aromatic heterocycles. The molecular weight excluding hydrogens is 317 g/mol. The molecule has 112 valence electrons. The molecule has 20 heavy (non-hydrogen) atoms. The Bertz CT molecular complexity index is 421. The highest BCUT2D eigenvalue weighted by molar-refractivity contribution is 9.10. The van der Waals surface area contributed by atoms with Crippen LogP contribution in [0.15, 0.2) is 22.7 Å². The molecular formula is C17H25BrFN. The molecule has 1 fully saturated rings. The smallest absolute Gasteiger partial charge is 0.126 e. The van der Waals surface area contributed by atoms with Gasteiger partial charge in [0.2, 0.25) is 0 Å². The number of benzene rings is 1. The zero-order chi connectivity index (χ0) is 14.4. The maximum Gasteiger partial charge on any atom is 0.126 e. The van der Waals surface area contributed by atoms with Crippen LogP contribution in [0.1, 0.15) is 51.0 Å². The van der Waals surface area contributed by atoms with Crippen molar-refractivity contribution < 1.29 is 4.39 Å². The first-order valence-corrected chi connectivity index (χ1v) is 8.67. The Hall–Kier alpha value is -0.410. The predicted octanol–water partition coefficient (Wildman–Crippen LogP) is 5.08. The summed E-state index contributed by atoms with van der Waals surface area (Å²) in [6, 6.07) is 5.84. The number of hydrogen-bond acceptors (Lipinski definition) is 1. The third kappa shape index (κ3) is 4.56. The highest BCUT2D eigenvalue weighted by Crippen LogP contribution is 2.28. The summed E-state index contributed by atoms with van der Waals surface area (Å²) in [5.41, 5.74) is 0.856. The van der Waals surface area contributed by atoms with Crippen LogP contribution in [0, 0.1) is 11.7 Å². The van der Waals surface area contributed by atoms with Crippen molar-refractivity contribution in [2.24, 2.45) is 5.92 Å². The quantitative estimate of drug-likeness (QED) is 0.736. The topological polar surface area (TPSA) is 12.0 Å². The predicted molar refractivity (Wildman–Crippen MR) is 86.5 cm³/mol. The first-order valence-electron chi connectivity index (χ1n) is 7.88. The zero-order valence-electron chi connectivity index (χ0n) is 12.3. The van der Waals surface area contributed by atoms with Crippen molar-refractivity contribution in [2.75, 3.05) is 6.54 Å². The summed E-state index contributed by atoms with van der Waals surface area (Å²) < 4.78 is 14.9. The third-order valence-corrected chi connectivity index (χ3v) is 4.80. The first-order chi connectivity index (χ1) is 9.70. The van der Waals surface area contributed by atoms with Gasteiger partial charge in [0.25, 0.3) is 0 Å². The standard InChI is InChI=1S/C17H25BrFN/c1-2-10-20-17-7-5-3-4-6-13(17)11-14-12-15(18)8-9-16(14)19/h8-9,12-13,17,20H,2-7,10-11H2,1H3. The fraction of sp³-hybridized carbons (Fsp3) is 0.647. The van der Waals surface area contributed by atoms with Gasteiger partial charge in [0.15, 0.2) is 0 Å². The van der Waals surface area contributed by atoms with Crippen molar-refractivity contribution in [2.45, 2.75) is 57.9 Å². The average molecular weight is 342 g/mol. The lowest BCUT2D eigenvalue weighted by molar-refractivity contribution is 0.329. The number of hydrogen-bond donors (Lipinski definition) is 1. The fourth-order valence-electron chi connectivity index (χ4n) is 3.21. The van der Waals surface area contributed by atoms with Crippen molar-refractivity contribution in [3.63, 3.8) is 0 Å². The number of rotatable bonds is 5. The maximum atomic E-state index is 14.0. The van der Waals surface area contributed by atoms with E-state index in [1.165, 1.54) is 32.1 Å². The van der Waals surface area contributed by atoms with E-state index >= 15 is 0 Å². The number of nitrogens with one attached hydrogen (secondary N) is 1. The van der Waals surface area contributed by atoms with E-state index in [2.05, 4.69) is 28.2 Å². The molecule has 1 aliphatic rings. The molecule has 1 aromatic rings. The van der Waals surface area contributed by atoms with E-state index in [1.807, 2.05) is 6.07 Å². The number of halogens is 2. The molecule has 2 rings (SSSR count). The van der Waals surface area contributed by atoms with Crippen molar-refractivity contribution >= 4 is 15.9 Å². The maximum absolute atomic E-state index is 14.0. The van der Waals surface area contributed by atoms with Crippen LogP contribution in [0.2, 0.25) is 0 Å². The Labute approximate surface area is 130 Å². The van der Waals surface area contributed by atoms with Crippen LogP contribution < -0.4 is 5.32 Å². The summed E-state index contributed by atoms with van der Waals surface area (Å²) in [4.78, 5) is 0. The van der Waals surface area contributed by atoms with Gasteiger partial charge < -0.3 is 5.32 Å². The molecule has 0 amide bonds. The third-order valence-electron chi connectivity index (χ3n) is 4.31. The minimum atomic E-state index is -0.0633. The zero-order valence-corrected chi connectivity index (χ0v) is 13.9. The molecule has 1 aromatic carbocycles. The molecule has 0 spiro atoms. The average Bonchev–Trinajstić information content (AvgIpc) is 2.66. The summed E-state index contributed by atoms with van der Waals surface area (Å²) >= 11 is 3.45. The molecule has 2 unspecified atom stereocenters. The van der Waals surface area contributed by atoms with Gasteiger partial charge in [-0.15, -0.1) is 0 Å². The lowest BCUT2D eigenvalue weighted by atomic mass is 9.88. The van der Waals surface area contributed by atoms with Gasteiger partial charge in [0.05, 0.1) is 0 Å². The van der Waals surface area contributed by atoms with Gasteiger partial charge in [-0.1, -0.05) is 42.1 Å². The van der Waals surface area contributed by atoms with Gasteiger partial charge in [-0.05, 0) is 61.9 Å². The second kappa shape index (κ2) is 8.14. The second-order valence-electron chi connectivity index (χ2n) is 5.90. The molecule has 2 atom stereocenters. The van der Waals surface area contributed by atoms with Gasteiger partial charge in [-0.25, -0.2) is 4.39 Å². The van der Waals surface area contributed by atoms with Gasteiger partial charge >= 0.3 is 0 Å². The van der Waals surface area contributed by atoms with Crippen molar-refractivity contribution in [3.05, 3.63) is 34.1 Å². The Kier molecular flexibility index (Phi) is 6.50. The van der Waals surface area contributed by atoms with E-state index in [4.69, 9.17) is 0 Å². The van der Waals surface area contributed by atoms with Crippen LogP contribution in [0.3, 0.4) is 0 Å². The molecule has 0 radical (unpaired) electrons. The van der Waals surface area contributed by atoms with E-state index in [0.29, 0.717) is 12.0 Å². The summed E-state index contributed by atoms with van der Waals surface area (Å²) in [6.07, 6.45) is 8.37. The molecule has 0 bridgehead atoms. The largest absolute Gasteiger partial charge is 0.314 e. The van der Waals surface area contributed by atoms with E-state index in [0.717, 1.165) is 29.4 Å². The van der Waals surface area contributed by atoms with Gasteiger partial charge in [0.1, 0.15) is 5.82 Å². The minimum Gasteiger partial charge on any atom is -0.314 e. The highest BCUT2D eigenvalue weighted by atomic mass is 79.9. The Morgan fingerprint density at radius 1 is 1.25 bits per heavy atom. The van der Waals surface area contributed by atoms with Crippen LogP contribution in [0.4, 0.5) is 4.39 Å². The lowest BCUT2D eigenvalue weighted by Crippen LogP contribution is -2.37. The van der Waals surface area contributed by atoms with E-state index in [9.17, 15) is 4.39 Å². The Morgan fingerprint density at radius 3 is 2.85 bits per heavy atom. The molecule has 0 saturated heterocycles. The van der Waals surface area contributed by atoms with Gasteiger partial charge in [-0.3, -0.25) is 0 Å². The van der Waals surface area contributed by atoms with Crippen LogP contribution in [0.25, 0.3) is 0 Å². The van der Waals surface area contributed by atoms with Crippen LogP contribution in [0.5, 0.6) is 0 Å². The lowest BCUT2D eigenvalue weighted by Gasteiger charge is -2.26. The highest BCUT2D eigenvalue weighted by Gasteiger charge is 2.24. The SMILES string of the molecule is CCCNC1CCCCCC1Cc1cc(Br)ccc1F. The molecule has 0 heterocycles. The minimum absolute atomic E-state index is 0.0633. The molecule has 1 aliphatic carbocycles. The first kappa shape index (κ1) is 16.0. The fourth-order valence-corrected chi connectivity index (χ4v) is 3.62. The van der Waals surface area contributed by atoms with Crippen LogP contribution >= 0.6 is 15.9 Å². The van der Waals surface area contributed by atoms with Gasteiger partial charge in [-0.2, -0.15) is 0 Å². The molecule has 3 heteroatoms. The van der Waals surface area contributed by atoms with Crippen molar-refractivity contribution in [1.29, 1.82) is 0 Å². The molecule has 1 saturated carbocycles. The van der Waals surface area contributed by atoms with Gasteiger partial charge in [0, 0.05) is 10.5 Å².